The number of aliphatic hydroxyl groups is 1. The first-order chi connectivity index (χ1) is 14.7. The summed E-state index contributed by atoms with van der Waals surface area (Å²) in [4.78, 5) is 2.36. The molecule has 1 unspecified atom stereocenters. The van der Waals surface area contributed by atoms with Crippen molar-refractivity contribution in [1.29, 1.82) is 0 Å². The van der Waals surface area contributed by atoms with E-state index in [9.17, 15) is 5.11 Å². The zero-order chi connectivity index (χ0) is 20.8. The lowest BCUT2D eigenvalue weighted by atomic mass is 9.81. The molecule has 0 amide bonds. The number of nitrogens with zero attached hydrogens (tertiary/aromatic N) is 1. The van der Waals surface area contributed by atoms with Crippen molar-refractivity contribution < 1.29 is 14.6 Å². The minimum Gasteiger partial charge on any atom is -0.496 e. The lowest BCUT2D eigenvalue weighted by molar-refractivity contribution is -0.150. The monoisotopic (exact) mass is 403 g/mol. The molecule has 0 radical (unpaired) electrons. The van der Waals surface area contributed by atoms with Crippen molar-refractivity contribution >= 4 is 0 Å². The summed E-state index contributed by atoms with van der Waals surface area (Å²) in [5.74, 6) is 0.781. The van der Waals surface area contributed by atoms with Crippen molar-refractivity contribution in [1.82, 2.24) is 4.90 Å². The molecule has 3 aromatic rings. The number of hydrogen-bond acceptors (Lipinski definition) is 4. The minimum absolute atomic E-state index is 0.345. The van der Waals surface area contributed by atoms with Crippen LogP contribution < -0.4 is 4.74 Å². The highest BCUT2D eigenvalue weighted by Crippen LogP contribution is 2.35. The summed E-state index contributed by atoms with van der Waals surface area (Å²) in [6.45, 7) is 2.96. The number of methoxy groups -OCH3 is 1. The van der Waals surface area contributed by atoms with E-state index in [4.69, 9.17) is 9.47 Å². The first kappa shape index (κ1) is 20.6. The Morgan fingerprint density at radius 3 is 2.37 bits per heavy atom. The van der Waals surface area contributed by atoms with Gasteiger partial charge < -0.3 is 14.6 Å². The van der Waals surface area contributed by atoms with Gasteiger partial charge in [0.15, 0.2) is 0 Å². The molecule has 1 N–H and O–H groups in total. The Hall–Kier alpha value is -2.66. The smallest absolute Gasteiger partial charge is 0.122 e. The molecule has 4 rings (SSSR count). The van der Waals surface area contributed by atoms with Crippen molar-refractivity contribution in [3.05, 3.63) is 102 Å². The predicted octanol–water partition coefficient (Wildman–Crippen LogP) is 4.03. The SMILES string of the molecule is COc1ccccc1C[C@@](O)(c1ccccc1)C1CN(Cc2ccccc2)CCO1. The number of benzene rings is 3. The third kappa shape index (κ3) is 4.57. The highest BCUT2D eigenvalue weighted by molar-refractivity contribution is 5.37. The van der Waals surface area contributed by atoms with Crippen LogP contribution in [0.15, 0.2) is 84.9 Å². The van der Waals surface area contributed by atoms with Crippen LogP contribution in [-0.2, 0) is 23.3 Å². The van der Waals surface area contributed by atoms with Crippen LogP contribution in [0.5, 0.6) is 5.75 Å². The Kier molecular flexibility index (Phi) is 6.48. The van der Waals surface area contributed by atoms with E-state index >= 15 is 0 Å². The van der Waals surface area contributed by atoms with Crippen molar-refractivity contribution in [2.24, 2.45) is 0 Å². The average molecular weight is 404 g/mol. The van der Waals surface area contributed by atoms with Crippen LogP contribution in [0.1, 0.15) is 16.7 Å². The van der Waals surface area contributed by atoms with E-state index in [-0.39, 0.29) is 6.10 Å². The number of ether oxygens (including phenoxy) is 2. The average Bonchev–Trinajstić information content (AvgIpc) is 2.81. The molecule has 156 valence electrons. The first-order valence-electron chi connectivity index (χ1n) is 10.5. The van der Waals surface area contributed by atoms with Crippen molar-refractivity contribution in [3.63, 3.8) is 0 Å². The summed E-state index contributed by atoms with van der Waals surface area (Å²) in [7, 11) is 1.67. The van der Waals surface area contributed by atoms with Gasteiger partial charge in [-0.05, 0) is 22.8 Å². The second-order valence-electron chi connectivity index (χ2n) is 7.86. The van der Waals surface area contributed by atoms with Gasteiger partial charge in [0, 0.05) is 26.1 Å². The molecular weight excluding hydrogens is 374 g/mol. The molecule has 0 bridgehead atoms. The van der Waals surface area contributed by atoms with Gasteiger partial charge in [0.25, 0.3) is 0 Å². The summed E-state index contributed by atoms with van der Waals surface area (Å²) in [6.07, 6.45) is 0.0764. The molecule has 30 heavy (non-hydrogen) atoms. The fourth-order valence-electron chi connectivity index (χ4n) is 4.24. The Morgan fingerprint density at radius 1 is 0.967 bits per heavy atom. The fourth-order valence-corrected chi connectivity index (χ4v) is 4.24. The van der Waals surface area contributed by atoms with Crippen LogP contribution in [0.3, 0.4) is 0 Å². The first-order valence-corrected chi connectivity index (χ1v) is 10.5. The second kappa shape index (κ2) is 9.43. The van der Waals surface area contributed by atoms with Crippen LogP contribution >= 0.6 is 0 Å². The molecule has 0 aliphatic carbocycles. The van der Waals surface area contributed by atoms with Gasteiger partial charge in [-0.15, -0.1) is 0 Å². The standard InChI is InChI=1S/C26H29NO3/c1-29-24-15-9-8-12-22(24)18-26(28,23-13-6-3-7-14-23)25-20-27(16-17-30-25)19-21-10-4-2-5-11-21/h2-15,25,28H,16-20H2,1H3/t25?,26-/m1/s1. The molecule has 0 spiro atoms. The maximum Gasteiger partial charge on any atom is 0.122 e. The minimum atomic E-state index is -1.16. The molecule has 4 nitrogen and oxygen atoms in total. The molecule has 2 atom stereocenters. The maximum absolute atomic E-state index is 12.1. The largest absolute Gasteiger partial charge is 0.496 e. The van der Waals surface area contributed by atoms with Crippen LogP contribution in [0, 0.1) is 0 Å². The third-order valence-corrected chi connectivity index (χ3v) is 5.86. The summed E-state index contributed by atoms with van der Waals surface area (Å²) in [5, 5.41) is 12.1. The molecule has 1 aliphatic heterocycles. The number of hydrogen-bond donors (Lipinski definition) is 1. The molecule has 0 aromatic heterocycles. The van der Waals surface area contributed by atoms with E-state index in [2.05, 4.69) is 29.2 Å². The van der Waals surface area contributed by atoms with E-state index in [0.29, 0.717) is 19.6 Å². The highest BCUT2D eigenvalue weighted by Gasteiger charge is 2.42. The molecule has 1 heterocycles. The topological polar surface area (TPSA) is 41.9 Å². The van der Waals surface area contributed by atoms with Gasteiger partial charge in [0.1, 0.15) is 17.5 Å². The molecule has 1 aliphatic rings. The molecule has 1 saturated heterocycles. The van der Waals surface area contributed by atoms with Gasteiger partial charge in [-0.1, -0.05) is 78.9 Å². The molecule has 4 heteroatoms. The summed E-state index contributed by atoms with van der Waals surface area (Å²) < 4.78 is 11.7. The van der Waals surface area contributed by atoms with E-state index in [1.807, 2.05) is 60.7 Å². The Bertz CT molecular complexity index is 931. The maximum atomic E-state index is 12.1. The van der Waals surface area contributed by atoms with Gasteiger partial charge in [-0.3, -0.25) is 4.90 Å². The molecule has 1 fully saturated rings. The van der Waals surface area contributed by atoms with Gasteiger partial charge in [-0.25, -0.2) is 0 Å². The van der Waals surface area contributed by atoms with Gasteiger partial charge >= 0.3 is 0 Å². The molecular formula is C26H29NO3. The summed E-state index contributed by atoms with van der Waals surface area (Å²) in [6, 6.07) is 28.2. The van der Waals surface area contributed by atoms with Gasteiger partial charge in [0.05, 0.1) is 13.7 Å². The van der Waals surface area contributed by atoms with Crippen LogP contribution in [-0.4, -0.2) is 42.9 Å². The highest BCUT2D eigenvalue weighted by atomic mass is 16.5. The molecule has 0 saturated carbocycles. The van der Waals surface area contributed by atoms with E-state index < -0.39 is 5.60 Å². The van der Waals surface area contributed by atoms with Gasteiger partial charge in [0.2, 0.25) is 0 Å². The Labute approximate surface area is 178 Å². The van der Waals surface area contributed by atoms with E-state index in [1.165, 1.54) is 5.56 Å². The van der Waals surface area contributed by atoms with Gasteiger partial charge in [-0.2, -0.15) is 0 Å². The third-order valence-electron chi connectivity index (χ3n) is 5.86. The van der Waals surface area contributed by atoms with Crippen molar-refractivity contribution in [3.8, 4) is 5.75 Å². The summed E-state index contributed by atoms with van der Waals surface area (Å²) in [5.41, 5.74) is 1.94. The fraction of sp³-hybridized carbons (Fsp3) is 0.308. The number of morpholine rings is 1. The lowest BCUT2D eigenvalue weighted by Gasteiger charge is -2.42. The van der Waals surface area contributed by atoms with Crippen LogP contribution in [0.25, 0.3) is 0 Å². The number of para-hydroxylation sites is 1. The zero-order valence-electron chi connectivity index (χ0n) is 17.4. The lowest BCUT2D eigenvalue weighted by Crippen LogP contribution is -2.53. The summed E-state index contributed by atoms with van der Waals surface area (Å²) >= 11 is 0. The Morgan fingerprint density at radius 2 is 1.63 bits per heavy atom. The van der Waals surface area contributed by atoms with E-state index in [0.717, 1.165) is 30.0 Å². The van der Waals surface area contributed by atoms with E-state index in [1.54, 1.807) is 7.11 Å². The van der Waals surface area contributed by atoms with Crippen LogP contribution in [0.2, 0.25) is 0 Å². The predicted molar refractivity (Wildman–Crippen MR) is 118 cm³/mol. The van der Waals surface area contributed by atoms with Crippen molar-refractivity contribution in [2.75, 3.05) is 26.8 Å². The van der Waals surface area contributed by atoms with Crippen molar-refractivity contribution in [2.45, 2.75) is 24.7 Å². The Balaban J connectivity index is 1.62. The normalized spacial score (nSPS) is 19.2. The second-order valence-corrected chi connectivity index (χ2v) is 7.86. The van der Waals surface area contributed by atoms with Crippen LogP contribution in [0.4, 0.5) is 0 Å². The molecule has 3 aromatic carbocycles. The number of rotatable bonds is 7. The zero-order valence-corrected chi connectivity index (χ0v) is 17.4. The quantitative estimate of drug-likeness (QED) is 0.647.